The Kier molecular flexibility index (Phi) is 5.45. The monoisotopic (exact) mass is 253 g/mol. The number of nitrogens with two attached hydrogens (primary N) is 1. The van der Waals surface area contributed by atoms with E-state index in [9.17, 15) is 4.79 Å². The van der Waals surface area contributed by atoms with Gasteiger partial charge >= 0.3 is 0 Å². The van der Waals surface area contributed by atoms with Crippen molar-refractivity contribution in [2.75, 3.05) is 32.7 Å². The Hall–Kier alpha value is -0.610. The molecule has 0 aromatic rings. The number of carbonyl (C=O) groups excluding carboxylic acids is 1. The Morgan fingerprint density at radius 2 is 1.78 bits per heavy atom. The fraction of sp³-hybridized carbons (Fsp3) is 0.929. The van der Waals surface area contributed by atoms with Crippen molar-refractivity contribution in [3.8, 4) is 0 Å². The molecule has 0 radical (unpaired) electrons. The predicted octanol–water partition coefficient (Wildman–Crippen LogP) is 1.20. The summed E-state index contributed by atoms with van der Waals surface area (Å²) in [5.74, 6) is 0.317. The van der Waals surface area contributed by atoms with Crippen molar-refractivity contribution in [3.63, 3.8) is 0 Å². The maximum absolute atomic E-state index is 12.3. The Labute approximate surface area is 110 Å². The van der Waals surface area contributed by atoms with Gasteiger partial charge in [0.1, 0.15) is 0 Å². The van der Waals surface area contributed by atoms with Crippen molar-refractivity contribution in [1.82, 2.24) is 9.80 Å². The van der Waals surface area contributed by atoms with E-state index in [2.05, 4.69) is 9.80 Å². The summed E-state index contributed by atoms with van der Waals surface area (Å²) >= 11 is 0. The molecule has 1 aliphatic carbocycles. The van der Waals surface area contributed by atoms with Crippen molar-refractivity contribution in [2.45, 2.75) is 51.0 Å². The largest absolute Gasteiger partial charge is 0.342 e. The van der Waals surface area contributed by atoms with E-state index in [-0.39, 0.29) is 0 Å². The normalized spacial score (nSPS) is 21.8. The molecule has 2 N–H and O–H groups in total. The summed E-state index contributed by atoms with van der Waals surface area (Å²) in [6.07, 6.45) is 8.69. The molecule has 1 amide bonds. The first-order valence-electron chi connectivity index (χ1n) is 7.53. The highest BCUT2D eigenvalue weighted by Crippen LogP contribution is 2.24. The highest BCUT2D eigenvalue weighted by atomic mass is 16.2. The summed E-state index contributed by atoms with van der Waals surface area (Å²) in [6.45, 7) is 4.02. The van der Waals surface area contributed by atoms with Crippen molar-refractivity contribution >= 4 is 5.91 Å². The molecule has 2 fully saturated rings. The molecule has 2 rings (SSSR count). The van der Waals surface area contributed by atoms with Crippen LogP contribution in [0.25, 0.3) is 0 Å². The van der Waals surface area contributed by atoms with Crippen molar-refractivity contribution in [2.24, 2.45) is 5.73 Å². The van der Waals surface area contributed by atoms with Gasteiger partial charge in [0, 0.05) is 32.2 Å². The van der Waals surface area contributed by atoms with Gasteiger partial charge in [0.2, 0.25) is 5.91 Å². The second-order valence-corrected chi connectivity index (χ2v) is 5.64. The fourth-order valence-corrected chi connectivity index (χ4v) is 2.90. The number of amides is 1. The molecule has 1 saturated carbocycles. The van der Waals surface area contributed by atoms with Crippen LogP contribution in [0.5, 0.6) is 0 Å². The third-order valence-corrected chi connectivity index (χ3v) is 4.30. The quantitative estimate of drug-likeness (QED) is 0.801. The van der Waals surface area contributed by atoms with Crippen molar-refractivity contribution in [3.05, 3.63) is 0 Å². The first-order valence-corrected chi connectivity index (χ1v) is 7.53. The molecule has 0 unspecified atom stereocenters. The first-order chi connectivity index (χ1) is 8.81. The van der Waals surface area contributed by atoms with Crippen LogP contribution in [-0.4, -0.2) is 54.5 Å². The number of likely N-dealkylation sites (tertiary alicyclic amines) is 1. The van der Waals surface area contributed by atoms with Gasteiger partial charge in [-0.2, -0.15) is 0 Å². The Balaban J connectivity index is 1.82. The second-order valence-electron chi connectivity index (χ2n) is 5.64. The van der Waals surface area contributed by atoms with Gasteiger partial charge in [0.05, 0.1) is 6.54 Å². The van der Waals surface area contributed by atoms with Crippen LogP contribution in [0.2, 0.25) is 0 Å². The van der Waals surface area contributed by atoms with E-state index < -0.39 is 0 Å². The van der Waals surface area contributed by atoms with E-state index in [0.29, 0.717) is 25.0 Å². The molecule has 2 aliphatic rings. The minimum Gasteiger partial charge on any atom is -0.342 e. The van der Waals surface area contributed by atoms with Gasteiger partial charge in [-0.1, -0.05) is 19.3 Å². The minimum atomic E-state index is 0.317. The summed E-state index contributed by atoms with van der Waals surface area (Å²) in [7, 11) is 0. The van der Waals surface area contributed by atoms with E-state index in [4.69, 9.17) is 5.73 Å². The van der Waals surface area contributed by atoms with Crippen LogP contribution in [0.15, 0.2) is 0 Å². The Morgan fingerprint density at radius 3 is 2.28 bits per heavy atom. The van der Waals surface area contributed by atoms with Gasteiger partial charge in [0.25, 0.3) is 0 Å². The molecule has 1 saturated heterocycles. The van der Waals surface area contributed by atoms with Crippen LogP contribution >= 0.6 is 0 Å². The molecular formula is C14H27N3O. The second kappa shape index (κ2) is 7.10. The molecule has 104 valence electrons. The smallest absolute Gasteiger partial charge is 0.236 e. The van der Waals surface area contributed by atoms with Crippen LogP contribution in [0.3, 0.4) is 0 Å². The third kappa shape index (κ3) is 3.69. The molecule has 0 bridgehead atoms. The van der Waals surface area contributed by atoms with Crippen molar-refractivity contribution < 1.29 is 4.79 Å². The van der Waals surface area contributed by atoms with Gasteiger partial charge in [-0.05, 0) is 25.7 Å². The average Bonchev–Trinajstić information content (AvgIpc) is 2.55. The lowest BCUT2D eigenvalue weighted by molar-refractivity contribution is -0.133. The highest BCUT2D eigenvalue weighted by Gasteiger charge is 2.27. The summed E-state index contributed by atoms with van der Waals surface area (Å²) in [5.41, 5.74) is 5.66. The molecular weight excluding hydrogens is 226 g/mol. The zero-order valence-electron chi connectivity index (χ0n) is 11.4. The van der Waals surface area contributed by atoms with Gasteiger partial charge < -0.3 is 10.6 Å². The molecule has 1 aliphatic heterocycles. The van der Waals surface area contributed by atoms with Crippen LogP contribution in [0.4, 0.5) is 0 Å². The van der Waals surface area contributed by atoms with E-state index in [1.165, 1.54) is 44.9 Å². The summed E-state index contributed by atoms with van der Waals surface area (Å²) in [6, 6.07) is 0.615. The first kappa shape index (κ1) is 13.8. The van der Waals surface area contributed by atoms with Crippen LogP contribution in [0.1, 0.15) is 44.9 Å². The van der Waals surface area contributed by atoms with E-state index >= 15 is 0 Å². The van der Waals surface area contributed by atoms with Crippen LogP contribution in [-0.2, 0) is 4.79 Å². The summed E-state index contributed by atoms with van der Waals surface area (Å²) < 4.78 is 0. The third-order valence-electron chi connectivity index (χ3n) is 4.30. The molecule has 0 spiro atoms. The standard InChI is InChI=1S/C14H27N3O/c15-8-11-17(13-6-5-7-13)12-14(18)16-9-3-1-2-4-10-16/h13H,1-12,15H2. The zero-order chi connectivity index (χ0) is 12.8. The Bertz CT molecular complexity index is 258. The molecule has 1 heterocycles. The number of hydrogen-bond donors (Lipinski definition) is 1. The van der Waals surface area contributed by atoms with E-state index in [0.717, 1.165) is 19.6 Å². The van der Waals surface area contributed by atoms with Crippen LogP contribution < -0.4 is 5.73 Å². The predicted molar refractivity (Wildman–Crippen MR) is 73.3 cm³/mol. The van der Waals surface area contributed by atoms with Gasteiger partial charge in [0.15, 0.2) is 0 Å². The molecule has 4 nitrogen and oxygen atoms in total. The molecule has 0 atom stereocenters. The highest BCUT2D eigenvalue weighted by molar-refractivity contribution is 5.78. The number of carbonyl (C=O) groups is 1. The molecule has 4 heteroatoms. The maximum Gasteiger partial charge on any atom is 0.236 e. The lowest BCUT2D eigenvalue weighted by Crippen LogP contribution is -2.48. The molecule has 0 aromatic carbocycles. The fourth-order valence-electron chi connectivity index (χ4n) is 2.90. The lowest BCUT2D eigenvalue weighted by Gasteiger charge is -2.38. The Morgan fingerprint density at radius 1 is 1.11 bits per heavy atom. The number of hydrogen-bond acceptors (Lipinski definition) is 3. The van der Waals surface area contributed by atoms with Crippen LogP contribution in [0, 0.1) is 0 Å². The summed E-state index contributed by atoms with van der Waals surface area (Å²) in [5, 5.41) is 0. The number of rotatable bonds is 5. The maximum atomic E-state index is 12.3. The molecule has 18 heavy (non-hydrogen) atoms. The van der Waals surface area contributed by atoms with E-state index in [1.54, 1.807) is 0 Å². The average molecular weight is 253 g/mol. The lowest BCUT2D eigenvalue weighted by atomic mass is 9.91. The van der Waals surface area contributed by atoms with Crippen molar-refractivity contribution in [1.29, 1.82) is 0 Å². The molecule has 0 aromatic heterocycles. The van der Waals surface area contributed by atoms with Gasteiger partial charge in [-0.15, -0.1) is 0 Å². The summed E-state index contributed by atoms with van der Waals surface area (Å²) in [4.78, 5) is 16.7. The number of nitrogens with zero attached hydrogens (tertiary/aromatic N) is 2. The van der Waals surface area contributed by atoms with Gasteiger partial charge in [-0.25, -0.2) is 0 Å². The zero-order valence-corrected chi connectivity index (χ0v) is 11.4. The topological polar surface area (TPSA) is 49.6 Å². The van der Waals surface area contributed by atoms with Gasteiger partial charge in [-0.3, -0.25) is 9.69 Å². The SMILES string of the molecule is NCCN(CC(=O)N1CCCCCC1)C1CCC1. The van der Waals surface area contributed by atoms with E-state index in [1.807, 2.05) is 0 Å². The minimum absolute atomic E-state index is 0.317.